The van der Waals surface area contributed by atoms with Gasteiger partial charge in [0.25, 0.3) is 0 Å². The Labute approximate surface area is 125 Å². The molecule has 5 heteroatoms. The molecular weight excluding hydrogens is 324 g/mol. The van der Waals surface area contributed by atoms with Gasteiger partial charge in [-0.25, -0.2) is 0 Å². The lowest BCUT2D eigenvalue weighted by Crippen LogP contribution is -2.13. The molecule has 1 heterocycles. The highest BCUT2D eigenvalue weighted by Gasteiger charge is 2.10. The van der Waals surface area contributed by atoms with Crippen LogP contribution in [0.15, 0.2) is 40.2 Å². The van der Waals surface area contributed by atoms with Gasteiger partial charge in [-0.05, 0) is 52.0 Å². The van der Waals surface area contributed by atoms with Crippen LogP contribution in [0.25, 0.3) is 0 Å². The van der Waals surface area contributed by atoms with Gasteiger partial charge < -0.3 is 11.1 Å². The van der Waals surface area contributed by atoms with E-state index in [9.17, 15) is 4.79 Å². The van der Waals surface area contributed by atoms with Crippen molar-refractivity contribution < 1.29 is 4.79 Å². The summed E-state index contributed by atoms with van der Waals surface area (Å²) in [5, 5.41) is 5.49. The minimum Gasteiger partial charge on any atom is -0.378 e. The van der Waals surface area contributed by atoms with E-state index in [2.05, 4.69) is 33.6 Å². The Morgan fingerprint density at radius 1 is 1.37 bits per heavy atom. The second-order valence-electron chi connectivity index (χ2n) is 4.34. The summed E-state index contributed by atoms with van der Waals surface area (Å²) in [6, 6.07) is 10.1. The van der Waals surface area contributed by atoms with Crippen LogP contribution in [-0.2, 0) is 11.2 Å². The molecule has 0 bridgehead atoms. The lowest BCUT2D eigenvalue weighted by atomic mass is 10.1. The molecule has 100 valence electrons. The fraction of sp³-hybridized carbons (Fsp3) is 0.214. The fourth-order valence-corrected chi connectivity index (χ4v) is 3.58. The molecule has 0 aliphatic heterocycles. The Bertz CT molecular complexity index is 565. The van der Waals surface area contributed by atoms with E-state index in [0.29, 0.717) is 0 Å². The molecule has 1 aromatic heterocycles. The summed E-state index contributed by atoms with van der Waals surface area (Å²) >= 11 is 5.26. The maximum Gasteiger partial charge on any atom is 0.221 e. The number of carbonyl (C=O) groups excluding carboxylic acids is 1. The molecular formula is C14H15BrN2OS. The number of hydrogen-bond donors (Lipinski definition) is 2. The summed E-state index contributed by atoms with van der Waals surface area (Å²) in [5.41, 5.74) is 7.13. The first-order valence-corrected chi connectivity index (χ1v) is 7.60. The smallest absolute Gasteiger partial charge is 0.221 e. The molecule has 19 heavy (non-hydrogen) atoms. The van der Waals surface area contributed by atoms with Crippen molar-refractivity contribution in [1.82, 2.24) is 0 Å². The number of nitrogens with one attached hydrogen (secondary N) is 1. The number of carbonyl (C=O) groups is 1. The van der Waals surface area contributed by atoms with E-state index in [-0.39, 0.29) is 18.4 Å². The van der Waals surface area contributed by atoms with Crippen LogP contribution < -0.4 is 11.1 Å². The Hall–Kier alpha value is -1.33. The highest BCUT2D eigenvalue weighted by molar-refractivity contribution is 9.10. The topological polar surface area (TPSA) is 55.1 Å². The molecule has 3 nitrogen and oxygen atoms in total. The average molecular weight is 339 g/mol. The zero-order valence-corrected chi connectivity index (χ0v) is 12.9. The average Bonchev–Trinajstić information content (AvgIpc) is 2.77. The number of benzene rings is 1. The van der Waals surface area contributed by atoms with Crippen molar-refractivity contribution in [3.8, 4) is 0 Å². The predicted molar refractivity (Wildman–Crippen MR) is 83.4 cm³/mol. The van der Waals surface area contributed by atoms with E-state index < -0.39 is 0 Å². The van der Waals surface area contributed by atoms with Gasteiger partial charge in [0.15, 0.2) is 0 Å². The van der Waals surface area contributed by atoms with Crippen molar-refractivity contribution in [3.05, 3.63) is 50.6 Å². The Morgan fingerprint density at radius 3 is 2.58 bits per heavy atom. The first-order valence-electron chi connectivity index (χ1n) is 5.93. The number of nitrogens with two attached hydrogens (primary N) is 1. The summed E-state index contributed by atoms with van der Waals surface area (Å²) in [4.78, 5) is 12.1. The quantitative estimate of drug-likeness (QED) is 0.872. The van der Waals surface area contributed by atoms with Crippen molar-refractivity contribution in [2.45, 2.75) is 19.4 Å². The fourth-order valence-electron chi connectivity index (χ4n) is 1.85. The molecule has 1 unspecified atom stereocenters. The summed E-state index contributed by atoms with van der Waals surface area (Å²) in [5.74, 6) is -0.309. The van der Waals surface area contributed by atoms with Gasteiger partial charge in [-0.2, -0.15) is 0 Å². The van der Waals surface area contributed by atoms with Crippen LogP contribution in [0.1, 0.15) is 23.4 Å². The summed E-state index contributed by atoms with van der Waals surface area (Å²) < 4.78 is 1.13. The number of thiophene rings is 1. The second-order valence-corrected chi connectivity index (χ2v) is 6.14. The first-order chi connectivity index (χ1) is 9.06. The van der Waals surface area contributed by atoms with Gasteiger partial charge in [0, 0.05) is 15.0 Å². The predicted octanol–water partition coefficient (Wildman–Crippen LogP) is 3.71. The van der Waals surface area contributed by atoms with Crippen molar-refractivity contribution in [2.75, 3.05) is 5.32 Å². The van der Waals surface area contributed by atoms with Crippen molar-refractivity contribution in [2.24, 2.45) is 5.73 Å². The van der Waals surface area contributed by atoms with E-state index >= 15 is 0 Å². The van der Waals surface area contributed by atoms with Crippen molar-refractivity contribution in [1.29, 1.82) is 0 Å². The van der Waals surface area contributed by atoms with E-state index in [4.69, 9.17) is 5.73 Å². The Balaban J connectivity index is 2.03. The molecule has 0 saturated carbocycles. The van der Waals surface area contributed by atoms with E-state index in [1.807, 2.05) is 30.3 Å². The van der Waals surface area contributed by atoms with Crippen molar-refractivity contribution >= 4 is 38.9 Å². The Kier molecular flexibility index (Phi) is 4.61. The number of hydrogen-bond acceptors (Lipinski definition) is 3. The molecule has 2 rings (SSSR count). The van der Waals surface area contributed by atoms with Crippen LogP contribution in [-0.4, -0.2) is 5.91 Å². The van der Waals surface area contributed by atoms with Gasteiger partial charge in [-0.1, -0.05) is 12.1 Å². The summed E-state index contributed by atoms with van der Waals surface area (Å²) in [7, 11) is 0. The van der Waals surface area contributed by atoms with Crippen LogP contribution in [0, 0.1) is 0 Å². The molecule has 0 saturated heterocycles. The standard InChI is InChI=1S/C14H15BrN2OS/c1-9(14-12(15)6-7-19-14)17-11-4-2-10(3-5-11)8-13(16)18/h2-7,9,17H,8H2,1H3,(H2,16,18). The third-order valence-electron chi connectivity index (χ3n) is 2.75. The molecule has 1 amide bonds. The third kappa shape index (κ3) is 3.81. The molecule has 1 aromatic carbocycles. The van der Waals surface area contributed by atoms with Gasteiger partial charge >= 0.3 is 0 Å². The van der Waals surface area contributed by atoms with Crippen LogP contribution in [0.4, 0.5) is 5.69 Å². The highest BCUT2D eigenvalue weighted by Crippen LogP contribution is 2.31. The first kappa shape index (κ1) is 14.1. The van der Waals surface area contributed by atoms with Crippen LogP contribution in [0.2, 0.25) is 0 Å². The van der Waals surface area contributed by atoms with Crippen molar-refractivity contribution in [3.63, 3.8) is 0 Å². The maximum absolute atomic E-state index is 10.8. The zero-order valence-electron chi connectivity index (χ0n) is 10.5. The molecule has 1 atom stereocenters. The molecule has 3 N–H and O–H groups in total. The van der Waals surface area contributed by atoms with Gasteiger partial charge in [0.05, 0.1) is 12.5 Å². The van der Waals surface area contributed by atoms with E-state index in [1.165, 1.54) is 4.88 Å². The number of rotatable bonds is 5. The highest BCUT2D eigenvalue weighted by atomic mass is 79.9. The van der Waals surface area contributed by atoms with E-state index in [1.54, 1.807) is 11.3 Å². The molecule has 0 spiro atoms. The van der Waals surface area contributed by atoms with Crippen LogP contribution in [0.5, 0.6) is 0 Å². The second kappa shape index (κ2) is 6.21. The molecule has 2 aromatic rings. The van der Waals surface area contributed by atoms with Gasteiger partial charge in [-0.15, -0.1) is 11.3 Å². The summed E-state index contributed by atoms with van der Waals surface area (Å²) in [6.45, 7) is 2.12. The van der Waals surface area contributed by atoms with Crippen LogP contribution in [0.3, 0.4) is 0 Å². The minimum absolute atomic E-state index is 0.233. The SMILES string of the molecule is CC(Nc1ccc(CC(N)=O)cc1)c1sccc1Br. The van der Waals surface area contributed by atoms with E-state index in [0.717, 1.165) is 15.7 Å². The minimum atomic E-state index is -0.309. The maximum atomic E-state index is 10.8. The molecule has 0 radical (unpaired) electrons. The van der Waals surface area contributed by atoms with Gasteiger partial charge in [0.1, 0.15) is 0 Å². The third-order valence-corrected chi connectivity index (χ3v) is 4.81. The number of amides is 1. The number of halogens is 1. The lowest BCUT2D eigenvalue weighted by Gasteiger charge is -2.14. The summed E-state index contributed by atoms with van der Waals surface area (Å²) in [6.07, 6.45) is 0.284. The number of primary amides is 1. The molecule has 0 aliphatic carbocycles. The largest absolute Gasteiger partial charge is 0.378 e. The zero-order chi connectivity index (χ0) is 13.8. The molecule has 0 aliphatic rings. The van der Waals surface area contributed by atoms with Gasteiger partial charge in [-0.3, -0.25) is 4.79 Å². The Morgan fingerprint density at radius 2 is 2.05 bits per heavy atom. The number of anilines is 1. The molecule has 0 fully saturated rings. The normalized spacial score (nSPS) is 12.1. The lowest BCUT2D eigenvalue weighted by molar-refractivity contribution is -0.117. The van der Waals surface area contributed by atoms with Gasteiger partial charge in [0.2, 0.25) is 5.91 Å². The van der Waals surface area contributed by atoms with Crippen LogP contribution >= 0.6 is 27.3 Å². The monoisotopic (exact) mass is 338 g/mol.